The molecule has 152 valence electrons. The molecule has 0 aromatic heterocycles. The number of halogens is 2. The van der Waals surface area contributed by atoms with Gasteiger partial charge in [-0.2, -0.15) is 4.99 Å². The SMILES string of the molecule is Cc1cccc(CC(=O)N=C2S[C@@H]3CS(=O)(=O)C[C@@H]3N2c2ccc(F)cc2F)c1. The number of hydrogen-bond donors (Lipinski definition) is 0. The number of fused-ring (bicyclic) bond motifs is 1. The first-order valence-corrected chi connectivity index (χ1v) is 11.7. The van der Waals surface area contributed by atoms with Crippen LogP contribution in [0.1, 0.15) is 11.1 Å². The number of carbonyl (C=O) groups is 1. The number of rotatable bonds is 3. The smallest absolute Gasteiger partial charge is 0.252 e. The number of nitrogens with zero attached hydrogens (tertiary/aromatic N) is 2. The van der Waals surface area contributed by atoms with Crippen LogP contribution >= 0.6 is 11.8 Å². The van der Waals surface area contributed by atoms with Crippen molar-refractivity contribution < 1.29 is 22.0 Å². The van der Waals surface area contributed by atoms with E-state index in [1.165, 1.54) is 11.0 Å². The van der Waals surface area contributed by atoms with Crippen molar-refractivity contribution in [1.29, 1.82) is 0 Å². The Morgan fingerprint density at radius 3 is 2.72 bits per heavy atom. The van der Waals surface area contributed by atoms with E-state index >= 15 is 0 Å². The number of carbonyl (C=O) groups excluding carboxylic acids is 1. The maximum atomic E-state index is 14.5. The summed E-state index contributed by atoms with van der Waals surface area (Å²) in [4.78, 5) is 18.1. The molecule has 9 heteroatoms. The lowest BCUT2D eigenvalue weighted by molar-refractivity contribution is -0.117. The lowest BCUT2D eigenvalue weighted by Crippen LogP contribution is -2.38. The molecule has 0 radical (unpaired) electrons. The number of hydrogen-bond acceptors (Lipinski definition) is 4. The molecule has 2 aliphatic rings. The van der Waals surface area contributed by atoms with E-state index in [2.05, 4.69) is 4.99 Å². The molecule has 2 aromatic rings. The summed E-state index contributed by atoms with van der Waals surface area (Å²) in [5.74, 6) is -2.19. The summed E-state index contributed by atoms with van der Waals surface area (Å²) < 4.78 is 52.0. The number of aliphatic imine (C=N–C) groups is 1. The molecule has 2 heterocycles. The van der Waals surface area contributed by atoms with Gasteiger partial charge in [0, 0.05) is 11.3 Å². The van der Waals surface area contributed by atoms with Gasteiger partial charge in [0.15, 0.2) is 15.0 Å². The Labute approximate surface area is 171 Å². The average molecular weight is 437 g/mol. The molecule has 2 aliphatic heterocycles. The topological polar surface area (TPSA) is 66.8 Å². The maximum absolute atomic E-state index is 14.5. The number of sulfone groups is 1. The molecule has 29 heavy (non-hydrogen) atoms. The van der Waals surface area contributed by atoms with Crippen LogP contribution in [0.15, 0.2) is 47.5 Å². The normalized spacial score (nSPS) is 24.1. The minimum absolute atomic E-state index is 0.0191. The van der Waals surface area contributed by atoms with Gasteiger partial charge in [-0.25, -0.2) is 17.2 Å². The molecule has 1 amide bonds. The minimum Gasteiger partial charge on any atom is -0.313 e. The van der Waals surface area contributed by atoms with E-state index in [0.717, 1.165) is 35.0 Å². The Hall–Kier alpha value is -2.26. The van der Waals surface area contributed by atoms with E-state index in [4.69, 9.17) is 0 Å². The van der Waals surface area contributed by atoms with Gasteiger partial charge in [-0.3, -0.25) is 4.79 Å². The van der Waals surface area contributed by atoms with Crippen molar-refractivity contribution in [3.05, 3.63) is 65.2 Å². The monoisotopic (exact) mass is 436 g/mol. The Balaban J connectivity index is 1.67. The third-order valence-corrected chi connectivity index (χ3v) is 8.10. The molecule has 2 aromatic carbocycles. The zero-order chi connectivity index (χ0) is 20.8. The van der Waals surface area contributed by atoms with Gasteiger partial charge in [-0.05, 0) is 24.6 Å². The Morgan fingerprint density at radius 2 is 2.00 bits per heavy atom. The summed E-state index contributed by atoms with van der Waals surface area (Å²) >= 11 is 1.16. The molecular weight excluding hydrogens is 418 g/mol. The second-order valence-electron chi connectivity index (χ2n) is 7.22. The number of amidine groups is 1. The van der Waals surface area contributed by atoms with Gasteiger partial charge >= 0.3 is 0 Å². The van der Waals surface area contributed by atoms with Gasteiger partial charge in [0.05, 0.1) is 29.7 Å². The second kappa shape index (κ2) is 7.53. The lowest BCUT2D eigenvalue weighted by Gasteiger charge is -2.24. The maximum Gasteiger partial charge on any atom is 0.252 e. The molecule has 2 fully saturated rings. The Bertz CT molecular complexity index is 1120. The largest absolute Gasteiger partial charge is 0.313 e. The van der Waals surface area contributed by atoms with Crippen LogP contribution in [0.3, 0.4) is 0 Å². The quantitative estimate of drug-likeness (QED) is 0.740. The third-order valence-electron chi connectivity index (χ3n) is 4.89. The van der Waals surface area contributed by atoms with Gasteiger partial charge in [-0.15, -0.1) is 0 Å². The average Bonchev–Trinajstić information content (AvgIpc) is 3.06. The van der Waals surface area contributed by atoms with Crippen LogP contribution in [-0.2, 0) is 21.1 Å². The van der Waals surface area contributed by atoms with Gasteiger partial charge in [0.1, 0.15) is 11.6 Å². The molecule has 0 aliphatic carbocycles. The number of anilines is 1. The summed E-state index contributed by atoms with van der Waals surface area (Å²) in [6.07, 6.45) is 0.0825. The summed E-state index contributed by atoms with van der Waals surface area (Å²) in [6, 6.07) is 10.0. The molecule has 4 rings (SSSR count). The standard InChI is InChI=1S/C20H18F2N2O3S2/c1-12-3-2-4-13(7-12)8-19(25)23-20-24(16-6-5-14(21)9-15(16)22)17-10-29(26,27)11-18(17)28-20/h2-7,9,17-18H,8,10-11H2,1H3/t17-,18+/m0/s1. The molecule has 2 atom stereocenters. The van der Waals surface area contributed by atoms with Crippen molar-refractivity contribution in [2.24, 2.45) is 4.99 Å². The molecule has 0 N–H and O–H groups in total. The highest BCUT2D eigenvalue weighted by Crippen LogP contribution is 2.41. The molecule has 0 unspecified atom stereocenters. The number of benzene rings is 2. The van der Waals surface area contributed by atoms with Crippen molar-refractivity contribution in [3.63, 3.8) is 0 Å². The van der Waals surface area contributed by atoms with E-state index in [0.29, 0.717) is 0 Å². The van der Waals surface area contributed by atoms with Crippen molar-refractivity contribution in [2.45, 2.75) is 24.6 Å². The van der Waals surface area contributed by atoms with Gasteiger partial charge in [0.25, 0.3) is 5.91 Å². The summed E-state index contributed by atoms with van der Waals surface area (Å²) in [6.45, 7) is 1.92. The first-order chi connectivity index (χ1) is 13.7. The fourth-order valence-electron chi connectivity index (χ4n) is 3.67. The molecule has 0 spiro atoms. The summed E-state index contributed by atoms with van der Waals surface area (Å²) in [5, 5.41) is -0.104. The van der Waals surface area contributed by atoms with E-state index in [1.807, 2.05) is 31.2 Å². The summed E-state index contributed by atoms with van der Waals surface area (Å²) in [7, 11) is -3.27. The van der Waals surface area contributed by atoms with Crippen molar-refractivity contribution in [1.82, 2.24) is 0 Å². The lowest BCUT2D eigenvalue weighted by atomic mass is 10.1. The molecule has 0 bridgehead atoms. The highest BCUT2D eigenvalue weighted by molar-refractivity contribution is 8.16. The van der Waals surface area contributed by atoms with Crippen molar-refractivity contribution in [3.8, 4) is 0 Å². The van der Waals surface area contributed by atoms with Crippen LogP contribution in [0, 0.1) is 18.6 Å². The predicted molar refractivity (Wildman–Crippen MR) is 110 cm³/mol. The van der Waals surface area contributed by atoms with Crippen LogP contribution in [0.25, 0.3) is 0 Å². The van der Waals surface area contributed by atoms with Gasteiger partial charge in [0.2, 0.25) is 0 Å². The zero-order valence-electron chi connectivity index (χ0n) is 15.5. The fourth-order valence-corrected chi connectivity index (χ4v) is 7.59. The molecule has 5 nitrogen and oxygen atoms in total. The highest BCUT2D eigenvalue weighted by atomic mass is 32.2. The minimum atomic E-state index is -3.27. The third kappa shape index (κ3) is 4.20. The summed E-state index contributed by atoms with van der Waals surface area (Å²) in [5.41, 5.74) is 1.85. The molecule has 2 saturated heterocycles. The number of aryl methyl sites for hydroxylation is 1. The fraction of sp³-hybridized carbons (Fsp3) is 0.300. The first kappa shape index (κ1) is 20.0. The molecule has 0 saturated carbocycles. The van der Waals surface area contributed by atoms with Gasteiger partial charge in [-0.1, -0.05) is 41.6 Å². The van der Waals surface area contributed by atoms with Crippen LogP contribution in [-0.4, -0.2) is 42.3 Å². The Kier molecular flexibility index (Phi) is 5.20. The van der Waals surface area contributed by atoms with E-state index in [9.17, 15) is 22.0 Å². The van der Waals surface area contributed by atoms with E-state index in [-0.39, 0.29) is 34.0 Å². The van der Waals surface area contributed by atoms with Crippen LogP contribution in [0.5, 0.6) is 0 Å². The highest BCUT2D eigenvalue weighted by Gasteiger charge is 2.50. The Morgan fingerprint density at radius 1 is 1.21 bits per heavy atom. The first-order valence-electron chi connectivity index (χ1n) is 9.00. The van der Waals surface area contributed by atoms with Crippen molar-refractivity contribution >= 4 is 38.4 Å². The van der Waals surface area contributed by atoms with Crippen molar-refractivity contribution in [2.75, 3.05) is 16.4 Å². The number of thioether (sulfide) groups is 1. The molecular formula is C20H18F2N2O3S2. The van der Waals surface area contributed by atoms with Crippen LogP contribution < -0.4 is 4.90 Å². The zero-order valence-corrected chi connectivity index (χ0v) is 17.1. The van der Waals surface area contributed by atoms with E-state index in [1.54, 1.807) is 0 Å². The second-order valence-corrected chi connectivity index (χ2v) is 10.6. The van der Waals surface area contributed by atoms with Crippen LogP contribution in [0.2, 0.25) is 0 Å². The van der Waals surface area contributed by atoms with E-state index < -0.39 is 33.4 Å². The predicted octanol–water partition coefficient (Wildman–Crippen LogP) is 3.12. The van der Waals surface area contributed by atoms with Crippen LogP contribution in [0.4, 0.5) is 14.5 Å². The van der Waals surface area contributed by atoms with Gasteiger partial charge < -0.3 is 4.90 Å². The number of amides is 1.